The standard InChI is InChI=1S/C14H12ClFN2O2/c1-20-12-7-8(5-6-10(12)17)14(19)18-11-4-2-3-9(15)13(11)16/h2-7H,17H2,1H3,(H,18,19). The molecular weight excluding hydrogens is 283 g/mol. The fraction of sp³-hybridized carbons (Fsp3) is 0.0714. The number of nitrogen functional groups attached to an aromatic ring is 1. The summed E-state index contributed by atoms with van der Waals surface area (Å²) < 4.78 is 18.7. The fourth-order valence-corrected chi connectivity index (χ4v) is 1.82. The van der Waals surface area contributed by atoms with E-state index in [0.29, 0.717) is 17.0 Å². The number of hydrogen-bond acceptors (Lipinski definition) is 3. The third-order valence-corrected chi connectivity index (χ3v) is 2.99. The Hall–Kier alpha value is -2.27. The zero-order valence-electron chi connectivity index (χ0n) is 10.6. The summed E-state index contributed by atoms with van der Waals surface area (Å²) in [6.07, 6.45) is 0. The van der Waals surface area contributed by atoms with Crippen LogP contribution in [0, 0.1) is 5.82 Å². The third kappa shape index (κ3) is 2.83. The molecule has 0 aliphatic heterocycles. The van der Waals surface area contributed by atoms with Crippen molar-refractivity contribution in [3.8, 4) is 5.75 Å². The molecule has 3 N–H and O–H groups in total. The highest BCUT2D eigenvalue weighted by Crippen LogP contribution is 2.25. The molecule has 0 aliphatic carbocycles. The normalized spacial score (nSPS) is 10.2. The van der Waals surface area contributed by atoms with Crippen molar-refractivity contribution < 1.29 is 13.9 Å². The van der Waals surface area contributed by atoms with E-state index in [2.05, 4.69) is 5.32 Å². The Morgan fingerprint density at radius 2 is 2.10 bits per heavy atom. The molecule has 6 heteroatoms. The lowest BCUT2D eigenvalue weighted by Gasteiger charge is -2.09. The van der Waals surface area contributed by atoms with Gasteiger partial charge in [-0.25, -0.2) is 4.39 Å². The van der Waals surface area contributed by atoms with Crippen molar-refractivity contribution in [1.29, 1.82) is 0 Å². The average molecular weight is 295 g/mol. The van der Waals surface area contributed by atoms with E-state index in [1.54, 1.807) is 12.1 Å². The summed E-state index contributed by atoms with van der Waals surface area (Å²) >= 11 is 5.65. The number of ether oxygens (including phenoxy) is 1. The van der Waals surface area contributed by atoms with Crippen LogP contribution >= 0.6 is 11.6 Å². The molecule has 104 valence electrons. The summed E-state index contributed by atoms with van der Waals surface area (Å²) in [5.41, 5.74) is 6.39. The highest BCUT2D eigenvalue weighted by molar-refractivity contribution is 6.31. The molecule has 0 saturated carbocycles. The van der Waals surface area contributed by atoms with E-state index in [-0.39, 0.29) is 10.7 Å². The number of rotatable bonds is 3. The summed E-state index contributed by atoms with van der Waals surface area (Å²) in [4.78, 5) is 12.0. The molecule has 0 spiro atoms. The third-order valence-electron chi connectivity index (χ3n) is 2.70. The molecule has 2 rings (SSSR count). The highest BCUT2D eigenvalue weighted by Gasteiger charge is 2.12. The van der Waals surface area contributed by atoms with E-state index in [1.165, 1.54) is 31.4 Å². The van der Waals surface area contributed by atoms with Gasteiger partial charge < -0.3 is 15.8 Å². The Morgan fingerprint density at radius 3 is 2.80 bits per heavy atom. The van der Waals surface area contributed by atoms with Crippen LogP contribution in [0.5, 0.6) is 5.75 Å². The second kappa shape index (κ2) is 5.79. The van der Waals surface area contributed by atoms with Crippen molar-refractivity contribution in [2.75, 3.05) is 18.2 Å². The monoisotopic (exact) mass is 294 g/mol. The van der Waals surface area contributed by atoms with Crippen molar-refractivity contribution in [3.05, 3.63) is 52.8 Å². The van der Waals surface area contributed by atoms with Crippen LogP contribution in [0.1, 0.15) is 10.4 Å². The van der Waals surface area contributed by atoms with Gasteiger partial charge in [0.05, 0.1) is 23.5 Å². The van der Waals surface area contributed by atoms with Gasteiger partial charge in [-0.05, 0) is 30.3 Å². The van der Waals surface area contributed by atoms with Crippen LogP contribution in [-0.4, -0.2) is 13.0 Å². The van der Waals surface area contributed by atoms with Gasteiger partial charge in [-0.3, -0.25) is 4.79 Å². The van der Waals surface area contributed by atoms with Crippen molar-refractivity contribution in [1.82, 2.24) is 0 Å². The number of benzene rings is 2. The van der Waals surface area contributed by atoms with E-state index >= 15 is 0 Å². The van der Waals surface area contributed by atoms with Crippen LogP contribution in [0.15, 0.2) is 36.4 Å². The van der Waals surface area contributed by atoms with Crippen LogP contribution in [0.3, 0.4) is 0 Å². The number of nitrogens with two attached hydrogens (primary N) is 1. The Morgan fingerprint density at radius 1 is 1.35 bits per heavy atom. The topological polar surface area (TPSA) is 64.3 Å². The summed E-state index contributed by atoms with van der Waals surface area (Å²) in [5.74, 6) is -0.779. The van der Waals surface area contributed by atoms with Gasteiger partial charge in [-0.15, -0.1) is 0 Å². The number of anilines is 2. The van der Waals surface area contributed by atoms with Crippen molar-refractivity contribution >= 4 is 28.9 Å². The predicted molar refractivity (Wildman–Crippen MR) is 76.8 cm³/mol. The molecule has 0 atom stereocenters. The molecule has 0 fully saturated rings. The van der Waals surface area contributed by atoms with Gasteiger partial charge in [0, 0.05) is 5.56 Å². The van der Waals surface area contributed by atoms with Gasteiger partial charge >= 0.3 is 0 Å². The summed E-state index contributed by atoms with van der Waals surface area (Å²) in [6.45, 7) is 0. The van der Waals surface area contributed by atoms with E-state index < -0.39 is 11.7 Å². The zero-order chi connectivity index (χ0) is 14.7. The largest absolute Gasteiger partial charge is 0.495 e. The van der Waals surface area contributed by atoms with E-state index in [1.807, 2.05) is 0 Å². The highest BCUT2D eigenvalue weighted by atomic mass is 35.5. The van der Waals surface area contributed by atoms with Crippen molar-refractivity contribution in [3.63, 3.8) is 0 Å². The number of carbonyl (C=O) groups is 1. The molecule has 20 heavy (non-hydrogen) atoms. The van der Waals surface area contributed by atoms with Crippen LogP contribution in [0.2, 0.25) is 5.02 Å². The summed E-state index contributed by atoms with van der Waals surface area (Å²) in [6, 6.07) is 8.92. The first kappa shape index (κ1) is 14.1. The van der Waals surface area contributed by atoms with Gasteiger partial charge in [0.15, 0.2) is 5.82 Å². The van der Waals surface area contributed by atoms with Gasteiger partial charge in [-0.1, -0.05) is 17.7 Å². The summed E-state index contributed by atoms with van der Waals surface area (Å²) in [5, 5.41) is 2.39. The van der Waals surface area contributed by atoms with Gasteiger partial charge in [0.25, 0.3) is 5.91 Å². The maximum atomic E-state index is 13.7. The quantitative estimate of drug-likeness (QED) is 0.854. The van der Waals surface area contributed by atoms with Gasteiger partial charge in [0.1, 0.15) is 5.75 Å². The average Bonchev–Trinajstić information content (AvgIpc) is 2.44. The molecule has 4 nitrogen and oxygen atoms in total. The van der Waals surface area contributed by atoms with E-state index in [9.17, 15) is 9.18 Å². The van der Waals surface area contributed by atoms with E-state index in [0.717, 1.165) is 0 Å². The van der Waals surface area contributed by atoms with E-state index in [4.69, 9.17) is 22.1 Å². The lowest BCUT2D eigenvalue weighted by atomic mass is 10.1. The Bertz CT molecular complexity index is 662. The van der Waals surface area contributed by atoms with Crippen LogP contribution in [-0.2, 0) is 0 Å². The molecule has 0 aromatic heterocycles. The Balaban J connectivity index is 2.26. The van der Waals surface area contributed by atoms with Crippen LogP contribution in [0.4, 0.5) is 15.8 Å². The molecule has 1 amide bonds. The summed E-state index contributed by atoms with van der Waals surface area (Å²) in [7, 11) is 1.45. The first-order valence-electron chi connectivity index (χ1n) is 5.72. The smallest absolute Gasteiger partial charge is 0.255 e. The maximum Gasteiger partial charge on any atom is 0.255 e. The number of nitrogens with one attached hydrogen (secondary N) is 1. The molecule has 0 unspecified atom stereocenters. The Kier molecular flexibility index (Phi) is 4.10. The lowest BCUT2D eigenvalue weighted by Crippen LogP contribution is -2.13. The molecule has 0 heterocycles. The second-order valence-electron chi connectivity index (χ2n) is 4.01. The maximum absolute atomic E-state index is 13.7. The molecule has 0 radical (unpaired) electrons. The predicted octanol–water partition coefficient (Wildman–Crippen LogP) is 3.32. The van der Waals surface area contributed by atoms with Gasteiger partial charge in [-0.2, -0.15) is 0 Å². The number of hydrogen-bond donors (Lipinski definition) is 2. The minimum Gasteiger partial charge on any atom is -0.495 e. The van der Waals surface area contributed by atoms with Crippen LogP contribution in [0.25, 0.3) is 0 Å². The minimum atomic E-state index is -0.676. The molecular formula is C14H12ClFN2O2. The zero-order valence-corrected chi connectivity index (χ0v) is 11.4. The van der Waals surface area contributed by atoms with Crippen LogP contribution < -0.4 is 15.8 Å². The number of halogens is 2. The SMILES string of the molecule is COc1cc(C(=O)Nc2cccc(Cl)c2F)ccc1N. The molecule has 2 aromatic rings. The Labute approximate surface area is 120 Å². The van der Waals surface area contributed by atoms with Crippen molar-refractivity contribution in [2.45, 2.75) is 0 Å². The lowest BCUT2D eigenvalue weighted by molar-refractivity contribution is 0.102. The molecule has 2 aromatic carbocycles. The molecule has 0 bridgehead atoms. The van der Waals surface area contributed by atoms with Crippen molar-refractivity contribution in [2.24, 2.45) is 0 Å². The second-order valence-corrected chi connectivity index (χ2v) is 4.42. The molecule has 0 aliphatic rings. The number of methoxy groups -OCH3 is 1. The minimum absolute atomic E-state index is 0.0123. The first-order chi connectivity index (χ1) is 9.52. The molecule has 0 saturated heterocycles. The first-order valence-corrected chi connectivity index (χ1v) is 6.09. The van der Waals surface area contributed by atoms with Gasteiger partial charge in [0.2, 0.25) is 0 Å². The number of carbonyl (C=O) groups excluding carboxylic acids is 1. The number of amides is 1. The fourth-order valence-electron chi connectivity index (χ4n) is 1.65.